The molecular formula is C21H24N4O2S. The summed E-state index contributed by atoms with van der Waals surface area (Å²) in [7, 11) is 2.06. The van der Waals surface area contributed by atoms with Gasteiger partial charge in [0.2, 0.25) is 5.91 Å². The number of carbonyl (C=O) groups is 1. The summed E-state index contributed by atoms with van der Waals surface area (Å²) < 4.78 is 1.57. The van der Waals surface area contributed by atoms with Crippen molar-refractivity contribution in [3.8, 4) is 11.1 Å². The Bertz CT molecular complexity index is 1050. The van der Waals surface area contributed by atoms with Crippen LogP contribution in [-0.2, 0) is 11.3 Å². The molecule has 0 radical (unpaired) electrons. The van der Waals surface area contributed by atoms with Gasteiger partial charge in [0.05, 0.1) is 11.7 Å². The summed E-state index contributed by atoms with van der Waals surface area (Å²) in [6, 6.07) is 8.15. The van der Waals surface area contributed by atoms with Crippen LogP contribution in [0.1, 0.15) is 12.0 Å². The van der Waals surface area contributed by atoms with Gasteiger partial charge in [0.25, 0.3) is 5.56 Å². The highest BCUT2D eigenvalue weighted by Gasteiger charge is 2.19. The van der Waals surface area contributed by atoms with Crippen LogP contribution < -0.4 is 5.56 Å². The predicted molar refractivity (Wildman–Crippen MR) is 113 cm³/mol. The van der Waals surface area contributed by atoms with E-state index in [4.69, 9.17) is 0 Å². The van der Waals surface area contributed by atoms with Crippen molar-refractivity contribution in [2.45, 2.75) is 19.9 Å². The predicted octanol–water partition coefficient (Wildman–Crippen LogP) is 2.60. The molecule has 1 aliphatic heterocycles. The fraction of sp³-hybridized carbons (Fsp3) is 0.381. The lowest BCUT2D eigenvalue weighted by atomic mass is 10.1. The molecule has 1 aromatic carbocycles. The first-order valence-corrected chi connectivity index (χ1v) is 10.4. The first kappa shape index (κ1) is 18.8. The number of thiophene rings is 1. The molecule has 1 saturated heterocycles. The molecule has 0 unspecified atom stereocenters. The maximum absolute atomic E-state index is 13.1. The van der Waals surface area contributed by atoms with Crippen LogP contribution in [0.15, 0.2) is 40.8 Å². The molecule has 0 bridgehead atoms. The molecule has 2 aromatic heterocycles. The van der Waals surface area contributed by atoms with Crippen molar-refractivity contribution >= 4 is 27.5 Å². The van der Waals surface area contributed by atoms with Crippen molar-refractivity contribution in [2.75, 3.05) is 33.2 Å². The third-order valence-electron chi connectivity index (χ3n) is 5.35. The number of carbonyl (C=O) groups excluding carboxylic acids is 1. The minimum absolute atomic E-state index is 0.0759. The number of hydrogen-bond acceptors (Lipinski definition) is 5. The Morgan fingerprint density at radius 2 is 1.86 bits per heavy atom. The molecule has 146 valence electrons. The highest BCUT2D eigenvalue weighted by atomic mass is 32.1. The number of hydrogen-bond donors (Lipinski definition) is 0. The summed E-state index contributed by atoms with van der Waals surface area (Å²) in [4.78, 5) is 34.9. The fourth-order valence-corrected chi connectivity index (χ4v) is 4.41. The Kier molecular flexibility index (Phi) is 5.28. The molecule has 1 fully saturated rings. The van der Waals surface area contributed by atoms with Crippen molar-refractivity contribution in [1.82, 2.24) is 19.4 Å². The zero-order chi connectivity index (χ0) is 19.7. The van der Waals surface area contributed by atoms with Gasteiger partial charge in [-0.3, -0.25) is 14.2 Å². The normalized spacial score (nSPS) is 15.3. The zero-order valence-electron chi connectivity index (χ0n) is 16.2. The number of amides is 1. The number of likely N-dealkylation sites (N-methyl/N-ethyl adjacent to an activating group) is 1. The van der Waals surface area contributed by atoms with E-state index in [1.165, 1.54) is 16.9 Å². The standard InChI is InChI=1S/C21H24N4O2S/c1-15-3-5-16(6-4-15)17-13-28-20-19(17)21(27)25(14-22-20)8-7-18(26)24-11-9-23(2)10-12-24/h3-6,13-14H,7-12H2,1-2H3. The van der Waals surface area contributed by atoms with Crippen molar-refractivity contribution < 1.29 is 4.79 Å². The van der Waals surface area contributed by atoms with Crippen LogP contribution in [0.2, 0.25) is 0 Å². The average molecular weight is 397 g/mol. The van der Waals surface area contributed by atoms with Gasteiger partial charge in [-0.25, -0.2) is 4.98 Å². The monoisotopic (exact) mass is 396 g/mol. The van der Waals surface area contributed by atoms with E-state index in [0.29, 0.717) is 18.4 Å². The summed E-state index contributed by atoms with van der Waals surface area (Å²) in [5.74, 6) is 0.101. The van der Waals surface area contributed by atoms with Gasteiger partial charge in [-0.05, 0) is 19.5 Å². The second kappa shape index (κ2) is 7.85. The fourth-order valence-electron chi connectivity index (χ4n) is 3.50. The van der Waals surface area contributed by atoms with Crippen LogP contribution in [0, 0.1) is 6.92 Å². The molecule has 0 aliphatic carbocycles. The summed E-state index contributed by atoms with van der Waals surface area (Å²) in [6.45, 7) is 5.70. The van der Waals surface area contributed by atoms with Crippen molar-refractivity contribution in [3.05, 3.63) is 51.9 Å². The highest BCUT2D eigenvalue weighted by Crippen LogP contribution is 2.30. The van der Waals surface area contributed by atoms with Gasteiger partial charge in [-0.15, -0.1) is 11.3 Å². The lowest BCUT2D eigenvalue weighted by Crippen LogP contribution is -2.47. The van der Waals surface area contributed by atoms with Crippen molar-refractivity contribution in [1.29, 1.82) is 0 Å². The van der Waals surface area contributed by atoms with Gasteiger partial charge < -0.3 is 9.80 Å². The van der Waals surface area contributed by atoms with E-state index in [1.54, 1.807) is 10.9 Å². The molecule has 6 nitrogen and oxygen atoms in total. The third-order valence-corrected chi connectivity index (χ3v) is 6.23. The van der Waals surface area contributed by atoms with Gasteiger partial charge in [-0.2, -0.15) is 0 Å². The highest BCUT2D eigenvalue weighted by molar-refractivity contribution is 7.17. The second-order valence-corrected chi connectivity index (χ2v) is 8.23. The Morgan fingerprint density at radius 3 is 2.57 bits per heavy atom. The number of nitrogens with zero attached hydrogens (tertiary/aromatic N) is 4. The van der Waals surface area contributed by atoms with Gasteiger partial charge in [0.15, 0.2) is 0 Å². The van der Waals surface area contributed by atoms with Crippen LogP contribution in [0.25, 0.3) is 21.3 Å². The summed E-state index contributed by atoms with van der Waals surface area (Å²) >= 11 is 1.48. The Balaban J connectivity index is 1.56. The molecule has 7 heteroatoms. The molecule has 28 heavy (non-hydrogen) atoms. The number of aromatic nitrogens is 2. The molecule has 3 heterocycles. The van der Waals surface area contributed by atoms with E-state index in [9.17, 15) is 9.59 Å². The topological polar surface area (TPSA) is 58.4 Å². The van der Waals surface area contributed by atoms with Crippen LogP contribution in [0.4, 0.5) is 0 Å². The average Bonchev–Trinajstić information content (AvgIpc) is 3.13. The number of aryl methyl sites for hydroxylation is 2. The first-order valence-electron chi connectivity index (χ1n) is 9.53. The molecule has 1 aliphatic rings. The molecule has 0 N–H and O–H groups in total. The van der Waals surface area contributed by atoms with Gasteiger partial charge in [0.1, 0.15) is 4.83 Å². The molecule has 0 saturated carbocycles. The maximum Gasteiger partial charge on any atom is 0.262 e. The SMILES string of the molecule is Cc1ccc(-c2csc3ncn(CCC(=O)N4CCN(C)CC4)c(=O)c23)cc1. The molecule has 0 atom stereocenters. The lowest BCUT2D eigenvalue weighted by molar-refractivity contribution is -0.133. The maximum atomic E-state index is 13.1. The van der Waals surface area contributed by atoms with Gasteiger partial charge >= 0.3 is 0 Å². The van der Waals surface area contributed by atoms with E-state index in [1.807, 2.05) is 41.5 Å². The van der Waals surface area contributed by atoms with E-state index in [-0.39, 0.29) is 11.5 Å². The first-order chi connectivity index (χ1) is 13.5. The smallest absolute Gasteiger partial charge is 0.262 e. The molecule has 3 aromatic rings. The van der Waals surface area contributed by atoms with E-state index >= 15 is 0 Å². The number of benzene rings is 1. The van der Waals surface area contributed by atoms with Crippen LogP contribution in [0.5, 0.6) is 0 Å². The largest absolute Gasteiger partial charge is 0.340 e. The van der Waals surface area contributed by atoms with Crippen molar-refractivity contribution in [2.24, 2.45) is 0 Å². The lowest BCUT2D eigenvalue weighted by Gasteiger charge is -2.32. The Labute approximate surface area is 168 Å². The quantitative estimate of drug-likeness (QED) is 0.680. The van der Waals surface area contributed by atoms with E-state index in [0.717, 1.165) is 42.1 Å². The second-order valence-electron chi connectivity index (χ2n) is 7.37. The number of piperazine rings is 1. The van der Waals surface area contributed by atoms with Crippen LogP contribution in [-0.4, -0.2) is 58.5 Å². The van der Waals surface area contributed by atoms with Gasteiger partial charge in [-0.1, -0.05) is 29.8 Å². The van der Waals surface area contributed by atoms with E-state index in [2.05, 4.69) is 16.9 Å². The third kappa shape index (κ3) is 3.72. The zero-order valence-corrected chi connectivity index (χ0v) is 17.0. The summed E-state index contributed by atoms with van der Waals surface area (Å²) in [5.41, 5.74) is 3.04. The van der Waals surface area contributed by atoms with Crippen LogP contribution >= 0.6 is 11.3 Å². The molecular weight excluding hydrogens is 372 g/mol. The Morgan fingerprint density at radius 1 is 1.14 bits per heavy atom. The number of rotatable bonds is 4. The minimum atomic E-state index is -0.0759. The summed E-state index contributed by atoms with van der Waals surface area (Å²) in [5, 5.41) is 2.63. The minimum Gasteiger partial charge on any atom is -0.340 e. The van der Waals surface area contributed by atoms with Gasteiger partial charge in [0, 0.05) is 50.1 Å². The van der Waals surface area contributed by atoms with Crippen molar-refractivity contribution in [3.63, 3.8) is 0 Å². The number of fused-ring (bicyclic) bond motifs is 1. The molecule has 0 spiro atoms. The molecule has 1 amide bonds. The molecule has 4 rings (SSSR count). The summed E-state index contributed by atoms with van der Waals surface area (Å²) in [6.07, 6.45) is 1.89. The van der Waals surface area contributed by atoms with E-state index < -0.39 is 0 Å². The van der Waals surface area contributed by atoms with Crippen LogP contribution in [0.3, 0.4) is 0 Å². The Hall–Kier alpha value is -2.51.